The lowest BCUT2D eigenvalue weighted by molar-refractivity contribution is -0.123. The molecule has 0 spiro atoms. The summed E-state index contributed by atoms with van der Waals surface area (Å²) in [5.74, 6) is 0.0632. The van der Waals surface area contributed by atoms with E-state index in [2.05, 4.69) is 5.32 Å². The Kier molecular flexibility index (Phi) is 4.82. The molecule has 0 aromatic carbocycles. The number of likely N-dealkylation sites (tertiary alicyclic amines) is 1. The number of amides is 2. The second kappa shape index (κ2) is 5.80. The molecule has 1 N–H and O–H groups in total. The van der Waals surface area contributed by atoms with Crippen LogP contribution in [0.15, 0.2) is 0 Å². The Bertz CT molecular complexity index is 339. The summed E-state index contributed by atoms with van der Waals surface area (Å²) in [4.78, 5) is 25.1. The second-order valence-corrected chi connectivity index (χ2v) is 6.43. The van der Waals surface area contributed by atoms with Gasteiger partial charge in [0.1, 0.15) is 5.60 Å². The zero-order valence-corrected chi connectivity index (χ0v) is 12.7. The summed E-state index contributed by atoms with van der Waals surface area (Å²) in [5, 5.41) is 3.03. The molecule has 5 heteroatoms. The second-order valence-electron chi connectivity index (χ2n) is 6.43. The van der Waals surface area contributed by atoms with Crippen LogP contribution in [0.25, 0.3) is 0 Å². The number of hydrogen-bond donors (Lipinski definition) is 1. The number of piperidine rings is 1. The average molecular weight is 270 g/mol. The summed E-state index contributed by atoms with van der Waals surface area (Å²) in [6.45, 7) is 10.7. The summed E-state index contributed by atoms with van der Waals surface area (Å²) in [5.41, 5.74) is -0.667. The minimum Gasteiger partial charge on any atom is -0.444 e. The Hall–Kier alpha value is -1.26. The summed E-state index contributed by atoms with van der Waals surface area (Å²) in [6.07, 6.45) is 1.75. The van der Waals surface area contributed by atoms with Crippen molar-refractivity contribution in [1.82, 2.24) is 10.2 Å². The number of ether oxygens (including phenoxy) is 1. The van der Waals surface area contributed by atoms with Crippen molar-refractivity contribution in [2.24, 2.45) is 0 Å². The molecule has 1 heterocycles. The molecule has 2 amide bonds. The van der Waals surface area contributed by atoms with E-state index < -0.39 is 5.60 Å². The van der Waals surface area contributed by atoms with E-state index in [1.807, 2.05) is 34.6 Å². The van der Waals surface area contributed by atoms with Crippen LogP contribution in [-0.2, 0) is 9.53 Å². The van der Waals surface area contributed by atoms with Crippen molar-refractivity contribution >= 4 is 12.0 Å². The van der Waals surface area contributed by atoms with Crippen molar-refractivity contribution < 1.29 is 14.3 Å². The van der Waals surface area contributed by atoms with E-state index in [0.29, 0.717) is 19.5 Å². The highest BCUT2D eigenvalue weighted by Crippen LogP contribution is 2.23. The molecule has 110 valence electrons. The fourth-order valence-electron chi connectivity index (χ4n) is 2.06. The average Bonchev–Trinajstić information content (AvgIpc) is 2.26. The van der Waals surface area contributed by atoms with Gasteiger partial charge in [-0.05, 0) is 40.5 Å². The van der Waals surface area contributed by atoms with Gasteiger partial charge in [0, 0.05) is 25.0 Å². The van der Waals surface area contributed by atoms with Crippen LogP contribution in [0.4, 0.5) is 4.79 Å². The smallest absolute Gasteiger partial charge is 0.410 e. The predicted molar refractivity (Wildman–Crippen MR) is 73.9 cm³/mol. The van der Waals surface area contributed by atoms with Gasteiger partial charge in [0.15, 0.2) is 0 Å². The first-order chi connectivity index (χ1) is 8.65. The molecule has 19 heavy (non-hydrogen) atoms. The minimum atomic E-state index is -0.464. The van der Waals surface area contributed by atoms with Crippen LogP contribution in [-0.4, -0.2) is 41.1 Å². The highest BCUT2D eigenvalue weighted by molar-refractivity contribution is 5.76. The van der Waals surface area contributed by atoms with Gasteiger partial charge >= 0.3 is 6.09 Å². The minimum absolute atomic E-state index is 0.0632. The van der Waals surface area contributed by atoms with Crippen molar-refractivity contribution in [3.63, 3.8) is 0 Å². The molecule has 0 unspecified atom stereocenters. The fraction of sp³-hybridized carbons (Fsp3) is 0.857. The number of carbonyl (C=O) groups is 2. The molecule has 1 aliphatic rings. The Morgan fingerprint density at radius 2 is 1.79 bits per heavy atom. The van der Waals surface area contributed by atoms with Gasteiger partial charge in [-0.2, -0.15) is 0 Å². The molecule has 0 saturated carbocycles. The third-order valence-corrected chi connectivity index (χ3v) is 3.28. The van der Waals surface area contributed by atoms with Crippen LogP contribution in [0.5, 0.6) is 0 Å². The quantitative estimate of drug-likeness (QED) is 0.837. The molecule has 1 aliphatic heterocycles. The first-order valence-corrected chi connectivity index (χ1v) is 6.94. The molecule has 0 aliphatic carbocycles. The first kappa shape index (κ1) is 15.8. The number of rotatable bonds is 2. The largest absolute Gasteiger partial charge is 0.444 e. The Labute approximate surface area is 115 Å². The lowest BCUT2D eigenvalue weighted by atomic mass is 9.89. The van der Waals surface area contributed by atoms with E-state index >= 15 is 0 Å². The monoisotopic (exact) mass is 270 g/mol. The van der Waals surface area contributed by atoms with Crippen molar-refractivity contribution in [1.29, 1.82) is 0 Å². The van der Waals surface area contributed by atoms with E-state index in [0.717, 1.165) is 12.8 Å². The van der Waals surface area contributed by atoms with Gasteiger partial charge in [-0.1, -0.05) is 6.92 Å². The first-order valence-electron chi connectivity index (χ1n) is 6.94. The fourth-order valence-corrected chi connectivity index (χ4v) is 2.06. The van der Waals surface area contributed by atoms with Crippen molar-refractivity contribution in [2.75, 3.05) is 13.1 Å². The van der Waals surface area contributed by atoms with Crippen LogP contribution < -0.4 is 5.32 Å². The molecule has 0 aromatic heterocycles. The van der Waals surface area contributed by atoms with E-state index in [1.165, 1.54) is 0 Å². The highest BCUT2D eigenvalue weighted by atomic mass is 16.6. The van der Waals surface area contributed by atoms with Crippen LogP contribution in [0.2, 0.25) is 0 Å². The van der Waals surface area contributed by atoms with Crippen molar-refractivity contribution in [3.8, 4) is 0 Å². The maximum absolute atomic E-state index is 11.9. The molecule has 0 aromatic rings. The van der Waals surface area contributed by atoms with Crippen molar-refractivity contribution in [3.05, 3.63) is 0 Å². The SMILES string of the molecule is CCC(=O)NC1(C)CCN(C(=O)OC(C)(C)C)CC1. The number of nitrogens with zero attached hydrogens (tertiary/aromatic N) is 1. The summed E-state index contributed by atoms with van der Waals surface area (Å²) in [6, 6.07) is 0. The molecule has 0 bridgehead atoms. The maximum Gasteiger partial charge on any atom is 0.410 e. The van der Waals surface area contributed by atoms with Gasteiger partial charge in [-0.3, -0.25) is 4.79 Å². The number of nitrogens with one attached hydrogen (secondary N) is 1. The number of hydrogen-bond acceptors (Lipinski definition) is 3. The molecule has 0 radical (unpaired) electrons. The van der Waals surface area contributed by atoms with E-state index in [9.17, 15) is 9.59 Å². The van der Waals surface area contributed by atoms with Crippen LogP contribution >= 0.6 is 0 Å². The standard InChI is InChI=1S/C14H26N2O3/c1-6-11(17)15-14(5)7-9-16(10-8-14)12(18)19-13(2,3)4/h6-10H2,1-5H3,(H,15,17). The van der Waals surface area contributed by atoms with Gasteiger partial charge in [0.25, 0.3) is 0 Å². The van der Waals surface area contributed by atoms with Crippen molar-refractivity contribution in [2.45, 2.75) is 65.0 Å². The lowest BCUT2D eigenvalue weighted by Gasteiger charge is -2.40. The molecule has 5 nitrogen and oxygen atoms in total. The third kappa shape index (κ3) is 5.09. The van der Waals surface area contributed by atoms with Gasteiger partial charge in [-0.15, -0.1) is 0 Å². The van der Waals surface area contributed by atoms with Crippen LogP contribution in [0, 0.1) is 0 Å². The molecule has 0 atom stereocenters. The topological polar surface area (TPSA) is 58.6 Å². The van der Waals surface area contributed by atoms with Gasteiger partial charge in [-0.25, -0.2) is 4.79 Å². The molecular weight excluding hydrogens is 244 g/mol. The summed E-state index contributed by atoms with van der Waals surface area (Å²) in [7, 11) is 0. The molecule has 1 rings (SSSR count). The van der Waals surface area contributed by atoms with Crippen LogP contribution in [0.1, 0.15) is 53.9 Å². The maximum atomic E-state index is 11.9. The van der Waals surface area contributed by atoms with E-state index in [-0.39, 0.29) is 17.5 Å². The van der Waals surface area contributed by atoms with E-state index in [4.69, 9.17) is 4.74 Å². The molecular formula is C14H26N2O3. The lowest BCUT2D eigenvalue weighted by Crippen LogP contribution is -2.54. The van der Waals surface area contributed by atoms with Gasteiger partial charge in [0.05, 0.1) is 0 Å². The molecule has 1 saturated heterocycles. The number of carbonyl (C=O) groups excluding carboxylic acids is 2. The zero-order chi connectivity index (χ0) is 14.7. The highest BCUT2D eigenvalue weighted by Gasteiger charge is 2.34. The van der Waals surface area contributed by atoms with Gasteiger partial charge < -0.3 is 15.0 Å². The Morgan fingerprint density at radius 3 is 2.21 bits per heavy atom. The summed E-state index contributed by atoms with van der Waals surface area (Å²) < 4.78 is 5.35. The molecule has 1 fully saturated rings. The predicted octanol–water partition coefficient (Wildman–Crippen LogP) is 2.30. The third-order valence-electron chi connectivity index (χ3n) is 3.28. The normalized spacial score (nSPS) is 18.9. The zero-order valence-electron chi connectivity index (χ0n) is 12.7. The Balaban J connectivity index is 2.48. The van der Waals surface area contributed by atoms with Gasteiger partial charge in [0.2, 0.25) is 5.91 Å². The van der Waals surface area contributed by atoms with E-state index in [1.54, 1.807) is 4.90 Å². The Morgan fingerprint density at radius 1 is 1.26 bits per heavy atom. The summed E-state index contributed by atoms with van der Waals surface area (Å²) >= 11 is 0. The van der Waals surface area contributed by atoms with Crippen LogP contribution in [0.3, 0.4) is 0 Å².